The van der Waals surface area contributed by atoms with Crippen molar-refractivity contribution in [2.45, 2.75) is 46.0 Å². The van der Waals surface area contributed by atoms with Crippen LogP contribution in [0.25, 0.3) is 11.6 Å². The first-order chi connectivity index (χ1) is 12.9. The number of halogens is 1. The molecule has 0 unspecified atom stereocenters. The van der Waals surface area contributed by atoms with Crippen molar-refractivity contribution in [2.75, 3.05) is 5.32 Å². The van der Waals surface area contributed by atoms with Gasteiger partial charge in [-0.3, -0.25) is 9.59 Å². The molecule has 4 nitrogen and oxygen atoms in total. The Hall–Kier alpha value is -2.69. The summed E-state index contributed by atoms with van der Waals surface area (Å²) < 4.78 is 13.6. The molecule has 0 radical (unpaired) electrons. The van der Waals surface area contributed by atoms with Crippen LogP contribution in [-0.4, -0.2) is 16.7 Å². The molecule has 27 heavy (non-hydrogen) atoms. The van der Waals surface area contributed by atoms with Gasteiger partial charge in [-0.05, 0) is 62.1 Å². The summed E-state index contributed by atoms with van der Waals surface area (Å²) in [7, 11) is 0. The van der Waals surface area contributed by atoms with E-state index in [0.29, 0.717) is 29.0 Å². The van der Waals surface area contributed by atoms with E-state index in [0.717, 1.165) is 48.2 Å². The van der Waals surface area contributed by atoms with Gasteiger partial charge in [0.15, 0.2) is 0 Å². The third kappa shape index (κ3) is 3.22. The van der Waals surface area contributed by atoms with Crippen molar-refractivity contribution in [3.8, 4) is 0 Å². The molecule has 1 fully saturated rings. The number of Topliss-reactive ketones (excluding diaryl/α,β-unsaturated/α-hetero) is 1. The molecule has 1 aromatic carbocycles. The van der Waals surface area contributed by atoms with Gasteiger partial charge in [-0.25, -0.2) is 4.39 Å². The topological polar surface area (TPSA) is 62.0 Å². The van der Waals surface area contributed by atoms with Gasteiger partial charge >= 0.3 is 0 Å². The molecule has 2 heterocycles. The van der Waals surface area contributed by atoms with E-state index in [2.05, 4.69) is 10.3 Å². The summed E-state index contributed by atoms with van der Waals surface area (Å²) in [4.78, 5) is 28.2. The normalized spacial score (nSPS) is 18.2. The van der Waals surface area contributed by atoms with Crippen LogP contribution in [0.2, 0.25) is 0 Å². The van der Waals surface area contributed by atoms with Crippen molar-refractivity contribution in [3.05, 3.63) is 52.1 Å². The molecule has 0 atom stereocenters. The molecule has 4 rings (SSSR count). The maximum atomic E-state index is 13.6. The van der Waals surface area contributed by atoms with Gasteiger partial charge in [0.2, 0.25) is 0 Å². The van der Waals surface area contributed by atoms with Crippen LogP contribution in [0.15, 0.2) is 18.2 Å². The molecule has 0 bridgehead atoms. The number of nitrogens with one attached hydrogen (secondary N) is 2. The molecule has 1 aliphatic carbocycles. The standard InChI is InChI=1S/C22H23FN2O2/c1-12-16(11-21(26)14-5-3-4-6-14)13(2)24-20(12)10-18-17-9-15(23)7-8-19(17)25-22(18)27/h7-10,14,24H,3-6,11H2,1-2H3,(H,25,27)/b18-10-. The van der Waals surface area contributed by atoms with E-state index in [-0.39, 0.29) is 17.6 Å². The zero-order valence-corrected chi connectivity index (χ0v) is 15.6. The smallest absolute Gasteiger partial charge is 0.256 e. The first-order valence-electron chi connectivity index (χ1n) is 9.47. The Bertz CT molecular complexity index is 965. The highest BCUT2D eigenvalue weighted by molar-refractivity contribution is 6.34. The van der Waals surface area contributed by atoms with Crippen LogP contribution in [0.3, 0.4) is 0 Å². The Morgan fingerprint density at radius 3 is 2.74 bits per heavy atom. The fraction of sp³-hybridized carbons (Fsp3) is 0.364. The van der Waals surface area contributed by atoms with Crippen molar-refractivity contribution >= 4 is 29.0 Å². The summed E-state index contributed by atoms with van der Waals surface area (Å²) >= 11 is 0. The van der Waals surface area contributed by atoms with Crippen LogP contribution < -0.4 is 5.32 Å². The molecule has 140 valence electrons. The number of H-pyrrole nitrogens is 1. The molecule has 5 heteroatoms. The number of anilines is 1. The number of rotatable bonds is 4. The molecule has 2 N–H and O–H groups in total. The number of amides is 1. The quantitative estimate of drug-likeness (QED) is 0.779. The van der Waals surface area contributed by atoms with Crippen LogP contribution in [0, 0.1) is 25.6 Å². The molecule has 1 saturated carbocycles. The summed E-state index contributed by atoms with van der Waals surface area (Å²) in [6, 6.07) is 4.27. The number of aromatic amines is 1. The number of benzene rings is 1. The van der Waals surface area contributed by atoms with E-state index in [1.54, 1.807) is 12.1 Å². The molecule has 2 aliphatic rings. The molecular weight excluding hydrogens is 343 g/mol. The van der Waals surface area contributed by atoms with Gasteiger partial charge in [0.1, 0.15) is 11.6 Å². The first-order valence-corrected chi connectivity index (χ1v) is 9.47. The highest BCUT2D eigenvalue weighted by Crippen LogP contribution is 2.35. The molecule has 2 aromatic rings. The lowest BCUT2D eigenvalue weighted by Gasteiger charge is -2.08. The Morgan fingerprint density at radius 2 is 2.00 bits per heavy atom. The fourth-order valence-corrected chi connectivity index (χ4v) is 4.24. The SMILES string of the molecule is Cc1[nH]c(/C=C2\C(=O)Nc3ccc(F)cc32)c(C)c1CC(=O)C1CCCC1. The summed E-state index contributed by atoms with van der Waals surface area (Å²) in [5.41, 5.74) is 5.34. The van der Waals surface area contributed by atoms with Crippen molar-refractivity contribution in [3.63, 3.8) is 0 Å². The van der Waals surface area contributed by atoms with Crippen molar-refractivity contribution in [1.82, 2.24) is 4.98 Å². The van der Waals surface area contributed by atoms with Gasteiger partial charge in [-0.1, -0.05) is 12.8 Å². The summed E-state index contributed by atoms with van der Waals surface area (Å²) in [5, 5.41) is 2.76. The van der Waals surface area contributed by atoms with Crippen molar-refractivity contribution in [1.29, 1.82) is 0 Å². The second kappa shape index (κ2) is 6.80. The lowest BCUT2D eigenvalue weighted by atomic mass is 9.94. The van der Waals surface area contributed by atoms with E-state index in [9.17, 15) is 14.0 Å². The van der Waals surface area contributed by atoms with E-state index >= 15 is 0 Å². The number of hydrogen-bond acceptors (Lipinski definition) is 2. The van der Waals surface area contributed by atoms with Crippen molar-refractivity contribution < 1.29 is 14.0 Å². The second-order valence-corrected chi connectivity index (χ2v) is 7.59. The first kappa shape index (κ1) is 17.7. The Labute approximate surface area is 157 Å². The van der Waals surface area contributed by atoms with Gasteiger partial charge in [0, 0.05) is 35.0 Å². The van der Waals surface area contributed by atoms with Gasteiger partial charge in [-0.15, -0.1) is 0 Å². The summed E-state index contributed by atoms with van der Waals surface area (Å²) in [5.74, 6) is -0.122. The highest BCUT2D eigenvalue weighted by atomic mass is 19.1. The van der Waals surface area contributed by atoms with E-state index in [1.165, 1.54) is 12.1 Å². The van der Waals surface area contributed by atoms with Crippen LogP contribution in [0.5, 0.6) is 0 Å². The predicted octanol–water partition coefficient (Wildman–Crippen LogP) is 4.57. The zero-order chi connectivity index (χ0) is 19.1. The monoisotopic (exact) mass is 366 g/mol. The van der Waals surface area contributed by atoms with Gasteiger partial charge < -0.3 is 10.3 Å². The maximum absolute atomic E-state index is 13.6. The molecule has 1 aliphatic heterocycles. The van der Waals surface area contributed by atoms with Crippen LogP contribution >= 0.6 is 0 Å². The number of aryl methyl sites for hydroxylation is 1. The number of hydrogen-bond donors (Lipinski definition) is 2. The molecule has 0 spiro atoms. The average molecular weight is 366 g/mol. The molecular formula is C22H23FN2O2. The van der Waals surface area contributed by atoms with Gasteiger partial charge in [0.25, 0.3) is 5.91 Å². The summed E-state index contributed by atoms with van der Waals surface area (Å²) in [6.07, 6.45) is 6.47. The predicted molar refractivity (Wildman–Crippen MR) is 104 cm³/mol. The molecule has 0 saturated heterocycles. The molecule has 1 aromatic heterocycles. The Balaban J connectivity index is 1.66. The average Bonchev–Trinajstić information content (AvgIpc) is 3.32. The second-order valence-electron chi connectivity index (χ2n) is 7.59. The lowest BCUT2D eigenvalue weighted by molar-refractivity contribution is -0.122. The number of ketones is 1. The largest absolute Gasteiger partial charge is 0.359 e. The summed E-state index contributed by atoms with van der Waals surface area (Å²) in [6.45, 7) is 3.92. The number of aromatic nitrogens is 1. The van der Waals surface area contributed by atoms with Crippen LogP contribution in [-0.2, 0) is 16.0 Å². The number of carbonyl (C=O) groups excluding carboxylic acids is 2. The fourth-order valence-electron chi connectivity index (χ4n) is 4.24. The third-order valence-corrected chi connectivity index (χ3v) is 5.85. The maximum Gasteiger partial charge on any atom is 0.256 e. The minimum atomic E-state index is -0.376. The number of carbonyl (C=O) groups is 2. The lowest BCUT2D eigenvalue weighted by Crippen LogP contribution is -2.14. The van der Waals surface area contributed by atoms with Crippen LogP contribution in [0.1, 0.15) is 53.8 Å². The van der Waals surface area contributed by atoms with E-state index in [4.69, 9.17) is 0 Å². The van der Waals surface area contributed by atoms with Crippen LogP contribution in [0.4, 0.5) is 10.1 Å². The highest BCUT2D eigenvalue weighted by Gasteiger charge is 2.27. The minimum Gasteiger partial charge on any atom is -0.359 e. The Morgan fingerprint density at radius 1 is 1.26 bits per heavy atom. The number of fused-ring (bicyclic) bond motifs is 1. The Kier molecular flexibility index (Phi) is 4.46. The van der Waals surface area contributed by atoms with Gasteiger partial charge in [-0.2, -0.15) is 0 Å². The van der Waals surface area contributed by atoms with Crippen molar-refractivity contribution in [2.24, 2.45) is 5.92 Å². The third-order valence-electron chi connectivity index (χ3n) is 5.85. The zero-order valence-electron chi connectivity index (χ0n) is 15.6. The van der Waals surface area contributed by atoms with Gasteiger partial charge in [0.05, 0.1) is 5.57 Å². The van der Waals surface area contributed by atoms with E-state index in [1.807, 2.05) is 13.8 Å². The minimum absolute atomic E-state index is 0.191. The van der Waals surface area contributed by atoms with E-state index < -0.39 is 0 Å². The molecule has 1 amide bonds.